The van der Waals surface area contributed by atoms with Gasteiger partial charge in [0.15, 0.2) is 0 Å². The molecule has 0 saturated heterocycles. The second-order valence-corrected chi connectivity index (χ2v) is 7.68. The van der Waals surface area contributed by atoms with E-state index in [1.165, 1.54) is 12.1 Å². The van der Waals surface area contributed by atoms with Crippen molar-refractivity contribution in [1.29, 1.82) is 0 Å². The standard InChI is InChI=1S/C25H23FN2O3/c1-17(12-25(29)30)20-6-10-23(11-7-20)31-16-19-2-5-21-14-27-28(24(21)13-19)15-18-3-8-22(26)9-4-18/h2-11,13-14,17H,12,15-16H2,1H3,(H,29,30). The van der Waals surface area contributed by atoms with Gasteiger partial charge in [0.2, 0.25) is 0 Å². The third-order valence-electron chi connectivity index (χ3n) is 5.29. The zero-order valence-corrected chi connectivity index (χ0v) is 17.2. The van der Waals surface area contributed by atoms with Gasteiger partial charge in [0.05, 0.1) is 24.7 Å². The summed E-state index contributed by atoms with van der Waals surface area (Å²) in [6.07, 6.45) is 1.92. The highest BCUT2D eigenvalue weighted by Crippen LogP contribution is 2.23. The Kier molecular flexibility index (Phi) is 5.98. The Balaban J connectivity index is 1.44. The van der Waals surface area contributed by atoms with Gasteiger partial charge in [0, 0.05) is 5.39 Å². The second-order valence-electron chi connectivity index (χ2n) is 7.68. The number of carboxylic acids is 1. The SMILES string of the molecule is CC(CC(=O)O)c1ccc(OCc2ccc3cnn(Cc4ccc(F)cc4)c3c2)cc1. The van der Waals surface area contributed by atoms with Crippen LogP contribution in [0.5, 0.6) is 5.75 Å². The molecule has 1 N–H and O–H groups in total. The first-order valence-electron chi connectivity index (χ1n) is 10.1. The minimum absolute atomic E-state index is 0.0460. The van der Waals surface area contributed by atoms with E-state index >= 15 is 0 Å². The molecule has 1 atom stereocenters. The number of halogens is 1. The molecule has 6 heteroatoms. The predicted octanol–water partition coefficient (Wildman–Crippen LogP) is 5.38. The Bertz CT molecular complexity index is 1180. The Hall–Kier alpha value is -3.67. The van der Waals surface area contributed by atoms with Gasteiger partial charge in [-0.3, -0.25) is 9.48 Å². The van der Waals surface area contributed by atoms with Crippen LogP contribution in [0.4, 0.5) is 4.39 Å². The highest BCUT2D eigenvalue weighted by atomic mass is 19.1. The van der Waals surface area contributed by atoms with E-state index in [9.17, 15) is 9.18 Å². The Labute approximate surface area is 179 Å². The molecule has 1 unspecified atom stereocenters. The highest BCUT2D eigenvalue weighted by Gasteiger charge is 2.10. The van der Waals surface area contributed by atoms with Gasteiger partial charge in [-0.1, -0.05) is 43.3 Å². The van der Waals surface area contributed by atoms with Crippen molar-refractivity contribution >= 4 is 16.9 Å². The van der Waals surface area contributed by atoms with Crippen molar-refractivity contribution < 1.29 is 19.0 Å². The summed E-state index contributed by atoms with van der Waals surface area (Å²) >= 11 is 0. The fourth-order valence-electron chi connectivity index (χ4n) is 3.53. The van der Waals surface area contributed by atoms with Crippen LogP contribution in [0, 0.1) is 5.82 Å². The van der Waals surface area contributed by atoms with Gasteiger partial charge in [-0.25, -0.2) is 4.39 Å². The van der Waals surface area contributed by atoms with E-state index in [1.54, 1.807) is 12.1 Å². The highest BCUT2D eigenvalue weighted by molar-refractivity contribution is 5.79. The van der Waals surface area contributed by atoms with Crippen molar-refractivity contribution in [3.63, 3.8) is 0 Å². The second kappa shape index (κ2) is 9.00. The van der Waals surface area contributed by atoms with Gasteiger partial charge in [0.1, 0.15) is 18.2 Å². The summed E-state index contributed by atoms with van der Waals surface area (Å²) in [7, 11) is 0. The lowest BCUT2D eigenvalue weighted by molar-refractivity contribution is -0.137. The minimum Gasteiger partial charge on any atom is -0.489 e. The number of aromatic nitrogens is 2. The molecule has 0 aliphatic carbocycles. The lowest BCUT2D eigenvalue weighted by Gasteiger charge is -2.11. The number of nitrogens with zero attached hydrogens (tertiary/aromatic N) is 2. The zero-order valence-electron chi connectivity index (χ0n) is 17.2. The van der Waals surface area contributed by atoms with E-state index in [2.05, 4.69) is 11.2 Å². The molecule has 0 amide bonds. The normalized spacial score (nSPS) is 12.1. The summed E-state index contributed by atoms with van der Waals surface area (Å²) in [6.45, 7) is 2.86. The van der Waals surface area contributed by atoms with Crippen LogP contribution in [-0.2, 0) is 17.9 Å². The summed E-state index contributed by atoms with van der Waals surface area (Å²) in [5.74, 6) is -0.374. The molecule has 0 aliphatic rings. The molecule has 0 fully saturated rings. The average molecular weight is 418 g/mol. The molecule has 0 bridgehead atoms. The molecule has 158 valence electrons. The molecule has 0 saturated carbocycles. The maximum Gasteiger partial charge on any atom is 0.303 e. The Morgan fingerprint density at radius 2 is 1.77 bits per heavy atom. The van der Waals surface area contributed by atoms with E-state index in [0.717, 1.165) is 33.3 Å². The summed E-state index contributed by atoms with van der Waals surface area (Å²) < 4.78 is 21.0. The molecule has 0 aliphatic heterocycles. The third kappa shape index (κ3) is 5.09. The summed E-state index contributed by atoms with van der Waals surface area (Å²) in [5, 5.41) is 14.4. The number of hydrogen-bond acceptors (Lipinski definition) is 3. The van der Waals surface area contributed by atoms with Crippen molar-refractivity contribution in [3.8, 4) is 5.75 Å². The van der Waals surface area contributed by atoms with Gasteiger partial charge in [0.25, 0.3) is 0 Å². The van der Waals surface area contributed by atoms with E-state index in [1.807, 2.05) is 54.2 Å². The molecule has 1 heterocycles. The number of rotatable bonds is 8. The fraction of sp³-hybridized carbons (Fsp3) is 0.200. The van der Waals surface area contributed by atoms with Crippen LogP contribution in [0.2, 0.25) is 0 Å². The average Bonchev–Trinajstić information content (AvgIpc) is 3.16. The molecule has 4 rings (SSSR count). The molecule has 0 radical (unpaired) electrons. The topological polar surface area (TPSA) is 64.3 Å². The van der Waals surface area contributed by atoms with Gasteiger partial charge in [-0.15, -0.1) is 0 Å². The molecular weight excluding hydrogens is 395 g/mol. The number of carbonyl (C=O) groups is 1. The van der Waals surface area contributed by atoms with Crippen molar-refractivity contribution in [1.82, 2.24) is 9.78 Å². The van der Waals surface area contributed by atoms with Gasteiger partial charge in [-0.05, 0) is 52.9 Å². The largest absolute Gasteiger partial charge is 0.489 e. The summed E-state index contributed by atoms with van der Waals surface area (Å²) in [5.41, 5.74) is 3.95. The number of aliphatic carboxylic acids is 1. The van der Waals surface area contributed by atoms with E-state index < -0.39 is 5.97 Å². The summed E-state index contributed by atoms with van der Waals surface area (Å²) in [4.78, 5) is 10.9. The first-order valence-corrected chi connectivity index (χ1v) is 10.1. The van der Waals surface area contributed by atoms with Gasteiger partial charge in [-0.2, -0.15) is 5.10 Å². The lowest BCUT2D eigenvalue weighted by atomic mass is 9.98. The first kappa shape index (κ1) is 20.6. The predicted molar refractivity (Wildman–Crippen MR) is 117 cm³/mol. The van der Waals surface area contributed by atoms with Crippen LogP contribution >= 0.6 is 0 Å². The quantitative estimate of drug-likeness (QED) is 0.417. The Morgan fingerprint density at radius 1 is 1.06 bits per heavy atom. The maximum absolute atomic E-state index is 13.1. The zero-order chi connectivity index (χ0) is 21.8. The van der Waals surface area contributed by atoms with Crippen LogP contribution in [0.1, 0.15) is 36.0 Å². The number of fused-ring (bicyclic) bond motifs is 1. The molecule has 5 nitrogen and oxygen atoms in total. The van der Waals surface area contributed by atoms with Crippen molar-refractivity contribution in [2.24, 2.45) is 0 Å². The lowest BCUT2D eigenvalue weighted by Crippen LogP contribution is -2.03. The fourth-order valence-corrected chi connectivity index (χ4v) is 3.53. The molecule has 1 aromatic heterocycles. The van der Waals surface area contributed by atoms with Crippen LogP contribution in [0.3, 0.4) is 0 Å². The number of hydrogen-bond donors (Lipinski definition) is 1. The van der Waals surface area contributed by atoms with Crippen molar-refractivity contribution in [2.75, 3.05) is 0 Å². The van der Waals surface area contributed by atoms with E-state index in [-0.39, 0.29) is 18.2 Å². The molecule has 4 aromatic rings. The molecule has 3 aromatic carbocycles. The first-order chi connectivity index (χ1) is 15.0. The van der Waals surface area contributed by atoms with Crippen LogP contribution in [0.25, 0.3) is 10.9 Å². The summed E-state index contributed by atoms with van der Waals surface area (Å²) in [6, 6.07) is 20.0. The molecular formula is C25H23FN2O3. The maximum atomic E-state index is 13.1. The van der Waals surface area contributed by atoms with E-state index in [4.69, 9.17) is 9.84 Å². The number of carboxylic acid groups (broad SMARTS) is 1. The smallest absolute Gasteiger partial charge is 0.303 e. The third-order valence-corrected chi connectivity index (χ3v) is 5.29. The van der Waals surface area contributed by atoms with Crippen molar-refractivity contribution in [2.45, 2.75) is 32.4 Å². The number of benzene rings is 3. The monoisotopic (exact) mass is 418 g/mol. The molecule has 0 spiro atoms. The van der Waals surface area contributed by atoms with Gasteiger partial charge >= 0.3 is 5.97 Å². The van der Waals surface area contributed by atoms with Crippen molar-refractivity contribution in [3.05, 3.63) is 95.4 Å². The van der Waals surface area contributed by atoms with Crippen LogP contribution in [-0.4, -0.2) is 20.9 Å². The molecule has 31 heavy (non-hydrogen) atoms. The minimum atomic E-state index is -0.804. The van der Waals surface area contributed by atoms with Gasteiger partial charge < -0.3 is 9.84 Å². The van der Waals surface area contributed by atoms with E-state index in [0.29, 0.717) is 13.2 Å². The van der Waals surface area contributed by atoms with Crippen LogP contribution in [0.15, 0.2) is 72.9 Å². The van der Waals surface area contributed by atoms with Crippen LogP contribution < -0.4 is 4.74 Å². The number of ether oxygens (including phenoxy) is 1. The Morgan fingerprint density at radius 3 is 2.48 bits per heavy atom.